The molecule has 1 saturated carbocycles. The Morgan fingerprint density at radius 1 is 1.43 bits per heavy atom. The topological polar surface area (TPSA) is 20.2 Å². The van der Waals surface area contributed by atoms with Gasteiger partial charge in [0, 0.05) is 0 Å². The number of aliphatic hydroxyl groups excluding tert-OH is 1. The molecular weight excluding hydrogens is 172 g/mol. The van der Waals surface area contributed by atoms with Crippen LogP contribution in [0.2, 0.25) is 0 Å². The smallest absolute Gasteiger partial charge is 0.0615 e. The van der Waals surface area contributed by atoms with Gasteiger partial charge in [0.25, 0.3) is 0 Å². The second-order valence-corrected chi connectivity index (χ2v) is 5.70. The van der Waals surface area contributed by atoms with Crippen LogP contribution in [0.4, 0.5) is 0 Å². The summed E-state index contributed by atoms with van der Waals surface area (Å²) in [5, 5.41) is 8.89. The van der Waals surface area contributed by atoms with Crippen molar-refractivity contribution >= 4 is 0 Å². The Morgan fingerprint density at radius 2 is 2.07 bits per heavy atom. The molecule has 0 saturated heterocycles. The molecule has 0 bridgehead atoms. The first-order valence-electron chi connectivity index (χ1n) is 5.75. The average Bonchev–Trinajstić information content (AvgIpc) is 2.07. The van der Waals surface area contributed by atoms with Crippen LogP contribution in [0.5, 0.6) is 0 Å². The number of aliphatic hydroxyl groups is 1. The molecule has 0 unspecified atom stereocenters. The Labute approximate surface area is 88.2 Å². The van der Waals surface area contributed by atoms with Crippen molar-refractivity contribution in [2.75, 3.05) is 6.61 Å². The zero-order valence-corrected chi connectivity index (χ0v) is 10.0. The lowest BCUT2D eigenvalue weighted by molar-refractivity contribution is 0.173. The van der Waals surface area contributed by atoms with Gasteiger partial charge in [0.05, 0.1) is 6.61 Å². The van der Waals surface area contributed by atoms with E-state index in [0.717, 1.165) is 5.92 Å². The Bertz CT molecular complexity index is 210. The predicted molar refractivity (Wildman–Crippen MR) is 61.1 cm³/mol. The standard InChI is InChI=1S/C13H24O/c1-10-9-12(13(2,3)4)6-5-11(10)7-8-14/h7,10,12,14H,5-6,8-9H2,1-4H3/b11-7+/t10-,12+/m0/s1. The molecule has 0 aromatic rings. The molecule has 14 heavy (non-hydrogen) atoms. The Balaban J connectivity index is 2.60. The number of hydrogen-bond acceptors (Lipinski definition) is 1. The van der Waals surface area contributed by atoms with Crippen LogP contribution in [0, 0.1) is 17.3 Å². The lowest BCUT2D eigenvalue weighted by atomic mass is 9.68. The van der Waals surface area contributed by atoms with Crippen LogP contribution in [-0.4, -0.2) is 11.7 Å². The van der Waals surface area contributed by atoms with Crippen molar-refractivity contribution in [1.29, 1.82) is 0 Å². The van der Waals surface area contributed by atoms with Gasteiger partial charge < -0.3 is 5.11 Å². The van der Waals surface area contributed by atoms with Crippen LogP contribution in [0.15, 0.2) is 11.6 Å². The van der Waals surface area contributed by atoms with Crippen molar-refractivity contribution < 1.29 is 5.11 Å². The van der Waals surface area contributed by atoms with Gasteiger partial charge in [-0.2, -0.15) is 0 Å². The van der Waals surface area contributed by atoms with E-state index in [4.69, 9.17) is 5.11 Å². The first kappa shape index (κ1) is 11.8. The van der Waals surface area contributed by atoms with E-state index in [0.29, 0.717) is 11.3 Å². The van der Waals surface area contributed by atoms with Gasteiger partial charge in [-0.15, -0.1) is 0 Å². The Hall–Kier alpha value is -0.300. The van der Waals surface area contributed by atoms with Gasteiger partial charge in [-0.1, -0.05) is 39.3 Å². The van der Waals surface area contributed by atoms with Gasteiger partial charge in [0.2, 0.25) is 0 Å². The summed E-state index contributed by atoms with van der Waals surface area (Å²) in [5.41, 5.74) is 1.91. The van der Waals surface area contributed by atoms with Crippen LogP contribution in [-0.2, 0) is 0 Å². The maximum Gasteiger partial charge on any atom is 0.0615 e. The molecule has 0 aromatic carbocycles. The number of rotatable bonds is 1. The second kappa shape index (κ2) is 4.48. The van der Waals surface area contributed by atoms with Crippen LogP contribution >= 0.6 is 0 Å². The largest absolute Gasteiger partial charge is 0.392 e. The van der Waals surface area contributed by atoms with Gasteiger partial charge in [-0.25, -0.2) is 0 Å². The molecule has 1 fully saturated rings. The molecule has 0 radical (unpaired) electrons. The minimum atomic E-state index is 0.208. The fraction of sp³-hybridized carbons (Fsp3) is 0.846. The van der Waals surface area contributed by atoms with E-state index in [2.05, 4.69) is 27.7 Å². The molecule has 0 spiro atoms. The fourth-order valence-electron chi connectivity index (χ4n) is 2.49. The van der Waals surface area contributed by atoms with Gasteiger partial charge in [-0.3, -0.25) is 0 Å². The van der Waals surface area contributed by atoms with Gasteiger partial charge in [0.1, 0.15) is 0 Å². The highest BCUT2D eigenvalue weighted by Crippen LogP contribution is 2.42. The monoisotopic (exact) mass is 196 g/mol. The maximum atomic E-state index is 8.89. The number of allylic oxidation sites excluding steroid dienone is 1. The van der Waals surface area contributed by atoms with E-state index in [9.17, 15) is 0 Å². The molecule has 1 aliphatic carbocycles. The molecule has 0 aliphatic heterocycles. The van der Waals surface area contributed by atoms with Crippen molar-refractivity contribution in [2.45, 2.75) is 47.0 Å². The summed E-state index contributed by atoms with van der Waals surface area (Å²) in [5.74, 6) is 1.51. The normalized spacial score (nSPS) is 32.2. The molecule has 1 heteroatoms. The van der Waals surface area contributed by atoms with Crippen LogP contribution < -0.4 is 0 Å². The Morgan fingerprint density at radius 3 is 2.50 bits per heavy atom. The van der Waals surface area contributed by atoms with Gasteiger partial charge in [-0.05, 0) is 36.5 Å². The predicted octanol–water partition coefficient (Wildman–Crippen LogP) is 3.39. The highest BCUT2D eigenvalue weighted by molar-refractivity contribution is 5.10. The average molecular weight is 196 g/mol. The first-order chi connectivity index (χ1) is 6.45. The third-order valence-corrected chi connectivity index (χ3v) is 3.63. The highest BCUT2D eigenvalue weighted by atomic mass is 16.2. The molecule has 82 valence electrons. The molecule has 0 heterocycles. The van der Waals surface area contributed by atoms with Crippen molar-refractivity contribution in [2.24, 2.45) is 17.3 Å². The van der Waals surface area contributed by atoms with E-state index < -0.39 is 0 Å². The molecule has 0 amide bonds. The maximum absolute atomic E-state index is 8.89. The summed E-state index contributed by atoms with van der Waals surface area (Å²) in [6.07, 6.45) is 5.77. The highest BCUT2D eigenvalue weighted by Gasteiger charge is 2.30. The van der Waals surface area contributed by atoms with Gasteiger partial charge in [0.15, 0.2) is 0 Å². The lowest BCUT2D eigenvalue weighted by Crippen LogP contribution is -2.27. The lowest BCUT2D eigenvalue weighted by Gasteiger charge is -2.38. The summed E-state index contributed by atoms with van der Waals surface area (Å²) < 4.78 is 0. The van der Waals surface area contributed by atoms with Crippen molar-refractivity contribution in [3.63, 3.8) is 0 Å². The molecular formula is C13H24O. The second-order valence-electron chi connectivity index (χ2n) is 5.70. The van der Waals surface area contributed by atoms with E-state index in [1.807, 2.05) is 6.08 Å². The zero-order valence-electron chi connectivity index (χ0n) is 10.0. The summed E-state index contributed by atoms with van der Waals surface area (Å²) in [6.45, 7) is 9.51. The molecule has 2 atom stereocenters. The van der Waals surface area contributed by atoms with E-state index in [1.54, 1.807) is 0 Å². The molecule has 0 aromatic heterocycles. The van der Waals surface area contributed by atoms with Crippen LogP contribution in [0.3, 0.4) is 0 Å². The summed E-state index contributed by atoms with van der Waals surface area (Å²) in [6, 6.07) is 0. The van der Waals surface area contributed by atoms with Crippen LogP contribution in [0.1, 0.15) is 47.0 Å². The fourth-order valence-corrected chi connectivity index (χ4v) is 2.49. The third kappa shape index (κ3) is 2.84. The number of hydrogen-bond donors (Lipinski definition) is 1. The molecule has 1 nitrogen and oxygen atoms in total. The SMILES string of the molecule is C[C@H]1C[C@H](C(C)(C)C)CC/C1=C\CO. The summed E-state index contributed by atoms with van der Waals surface area (Å²) >= 11 is 0. The third-order valence-electron chi connectivity index (χ3n) is 3.63. The zero-order chi connectivity index (χ0) is 10.8. The molecule has 1 rings (SSSR count). The summed E-state index contributed by atoms with van der Waals surface area (Å²) in [7, 11) is 0. The van der Waals surface area contributed by atoms with Crippen molar-refractivity contribution in [1.82, 2.24) is 0 Å². The van der Waals surface area contributed by atoms with Crippen LogP contribution in [0.25, 0.3) is 0 Å². The molecule has 1 aliphatic rings. The van der Waals surface area contributed by atoms with E-state index >= 15 is 0 Å². The Kier molecular flexibility index (Phi) is 3.77. The summed E-state index contributed by atoms with van der Waals surface area (Å²) in [4.78, 5) is 0. The van der Waals surface area contributed by atoms with Crippen molar-refractivity contribution in [3.8, 4) is 0 Å². The molecule has 1 N–H and O–H groups in total. The van der Waals surface area contributed by atoms with Crippen molar-refractivity contribution in [3.05, 3.63) is 11.6 Å². The quantitative estimate of drug-likeness (QED) is 0.637. The first-order valence-corrected chi connectivity index (χ1v) is 5.75. The van der Waals surface area contributed by atoms with Gasteiger partial charge >= 0.3 is 0 Å². The van der Waals surface area contributed by atoms with E-state index in [1.165, 1.54) is 24.8 Å². The van der Waals surface area contributed by atoms with E-state index in [-0.39, 0.29) is 6.61 Å². The minimum absolute atomic E-state index is 0.208. The minimum Gasteiger partial charge on any atom is -0.392 e.